The summed E-state index contributed by atoms with van der Waals surface area (Å²) in [5, 5.41) is 0. The monoisotopic (exact) mass is 237 g/mol. The molecule has 0 aliphatic rings. The first-order valence-electron chi connectivity index (χ1n) is 5.30. The van der Waals surface area contributed by atoms with Crippen LogP contribution in [0.15, 0.2) is 18.2 Å². The average Bonchev–Trinajstić information content (AvgIpc) is 2.27. The van der Waals surface area contributed by atoms with Crippen molar-refractivity contribution >= 4 is 17.3 Å². The molecule has 1 aromatic carbocycles. The van der Waals surface area contributed by atoms with Crippen molar-refractivity contribution in [3.63, 3.8) is 0 Å². The molecule has 0 radical (unpaired) electrons. The van der Waals surface area contributed by atoms with E-state index in [1.165, 1.54) is 0 Å². The molecule has 1 rings (SSSR count). The summed E-state index contributed by atoms with van der Waals surface area (Å²) in [6, 6.07) is 5.40. The second-order valence-corrected chi connectivity index (χ2v) is 4.11. The van der Waals surface area contributed by atoms with E-state index < -0.39 is 0 Å². The van der Waals surface area contributed by atoms with Crippen LogP contribution in [0.2, 0.25) is 0 Å². The highest BCUT2D eigenvalue weighted by Gasteiger charge is 2.10. The summed E-state index contributed by atoms with van der Waals surface area (Å²) in [5.41, 5.74) is 7.23. The summed E-state index contributed by atoms with van der Waals surface area (Å²) in [4.78, 5) is 15.0. The molecule has 0 saturated carbocycles. The fraction of sp³-hybridized carbons (Fsp3) is 0.417. The number of likely N-dealkylation sites (N-methyl/N-ethyl adjacent to an activating group) is 2. The number of hydrogen-bond acceptors (Lipinski definition) is 4. The van der Waals surface area contributed by atoms with Crippen LogP contribution in [-0.4, -0.2) is 45.6 Å². The molecule has 0 aliphatic heterocycles. The van der Waals surface area contributed by atoms with E-state index in [1.807, 2.05) is 24.1 Å². The summed E-state index contributed by atoms with van der Waals surface area (Å²) in [6.45, 7) is 0.305. The molecule has 0 saturated heterocycles. The van der Waals surface area contributed by atoms with Crippen LogP contribution in [0.1, 0.15) is 0 Å². The van der Waals surface area contributed by atoms with Gasteiger partial charge in [-0.2, -0.15) is 0 Å². The van der Waals surface area contributed by atoms with Crippen molar-refractivity contribution in [1.29, 1.82) is 0 Å². The largest absolute Gasteiger partial charge is 0.497 e. The molecule has 17 heavy (non-hydrogen) atoms. The minimum atomic E-state index is 0.0360. The van der Waals surface area contributed by atoms with Gasteiger partial charge in [0.25, 0.3) is 0 Å². The molecule has 0 bridgehead atoms. The first-order valence-corrected chi connectivity index (χ1v) is 5.30. The number of anilines is 2. The standard InChI is InChI=1S/C12H19N3O2/c1-14(2)12(16)8-15(3)10-5-9(13)6-11(7-10)17-4/h5-7H,8,13H2,1-4H3. The maximum Gasteiger partial charge on any atom is 0.241 e. The molecule has 0 aliphatic carbocycles. The van der Waals surface area contributed by atoms with Crippen molar-refractivity contribution in [2.24, 2.45) is 0 Å². The molecule has 5 heteroatoms. The van der Waals surface area contributed by atoms with Crippen LogP contribution in [0.5, 0.6) is 5.75 Å². The molecule has 0 heterocycles. The number of benzene rings is 1. The van der Waals surface area contributed by atoms with Gasteiger partial charge in [0.05, 0.1) is 13.7 Å². The predicted molar refractivity (Wildman–Crippen MR) is 69.4 cm³/mol. The molecule has 0 aromatic heterocycles. The smallest absolute Gasteiger partial charge is 0.241 e. The fourth-order valence-electron chi connectivity index (χ4n) is 1.38. The number of carbonyl (C=O) groups excluding carboxylic acids is 1. The van der Waals surface area contributed by atoms with E-state index in [1.54, 1.807) is 32.2 Å². The lowest BCUT2D eigenvalue weighted by molar-refractivity contribution is -0.127. The Hall–Kier alpha value is -1.91. The van der Waals surface area contributed by atoms with Crippen molar-refractivity contribution < 1.29 is 9.53 Å². The van der Waals surface area contributed by atoms with Gasteiger partial charge in [-0.25, -0.2) is 0 Å². The number of nitrogen functional groups attached to an aromatic ring is 1. The molecule has 0 atom stereocenters. The highest BCUT2D eigenvalue weighted by atomic mass is 16.5. The number of hydrogen-bond donors (Lipinski definition) is 1. The third kappa shape index (κ3) is 3.55. The van der Waals surface area contributed by atoms with Crippen molar-refractivity contribution in [1.82, 2.24) is 4.90 Å². The van der Waals surface area contributed by atoms with Crippen LogP contribution in [0.25, 0.3) is 0 Å². The molecular formula is C12H19N3O2. The van der Waals surface area contributed by atoms with Gasteiger partial charge < -0.3 is 20.3 Å². The van der Waals surface area contributed by atoms with Crippen LogP contribution >= 0.6 is 0 Å². The Morgan fingerprint density at radius 3 is 2.47 bits per heavy atom. The second-order valence-electron chi connectivity index (χ2n) is 4.11. The van der Waals surface area contributed by atoms with Crippen molar-refractivity contribution in [3.8, 4) is 5.75 Å². The molecular weight excluding hydrogens is 218 g/mol. The summed E-state index contributed by atoms with van der Waals surface area (Å²) in [7, 11) is 6.89. The van der Waals surface area contributed by atoms with E-state index in [4.69, 9.17) is 10.5 Å². The maximum atomic E-state index is 11.6. The average molecular weight is 237 g/mol. The van der Waals surface area contributed by atoms with Crippen molar-refractivity contribution in [2.75, 3.05) is 45.4 Å². The Kier molecular flexibility index (Phi) is 4.20. The van der Waals surface area contributed by atoms with Gasteiger partial charge >= 0.3 is 0 Å². The Labute approximate surface area is 102 Å². The normalized spacial score (nSPS) is 9.88. The lowest BCUT2D eigenvalue weighted by atomic mass is 10.2. The fourth-order valence-corrected chi connectivity index (χ4v) is 1.38. The zero-order chi connectivity index (χ0) is 13.0. The summed E-state index contributed by atoms with van der Waals surface area (Å²) in [6.07, 6.45) is 0. The number of nitrogens with two attached hydrogens (primary N) is 1. The number of carbonyl (C=O) groups is 1. The molecule has 0 unspecified atom stereocenters. The van der Waals surface area contributed by atoms with Gasteiger partial charge in [-0.1, -0.05) is 0 Å². The molecule has 1 amide bonds. The molecule has 94 valence electrons. The Morgan fingerprint density at radius 1 is 1.29 bits per heavy atom. The lowest BCUT2D eigenvalue weighted by Gasteiger charge is -2.21. The molecule has 1 aromatic rings. The van der Waals surface area contributed by atoms with Gasteiger partial charge in [-0.15, -0.1) is 0 Å². The van der Waals surface area contributed by atoms with E-state index in [0.717, 1.165) is 5.69 Å². The Balaban J connectivity index is 2.84. The zero-order valence-electron chi connectivity index (χ0n) is 10.7. The predicted octanol–water partition coefficient (Wildman–Crippen LogP) is 0.802. The first kappa shape index (κ1) is 13.2. The van der Waals surface area contributed by atoms with Gasteiger partial charge in [-0.3, -0.25) is 4.79 Å². The number of amides is 1. The summed E-state index contributed by atoms with van der Waals surface area (Å²) in [5.74, 6) is 0.720. The number of rotatable bonds is 4. The summed E-state index contributed by atoms with van der Waals surface area (Å²) >= 11 is 0. The number of nitrogens with zero attached hydrogens (tertiary/aromatic N) is 2. The van der Waals surface area contributed by atoms with E-state index >= 15 is 0 Å². The van der Waals surface area contributed by atoms with E-state index in [9.17, 15) is 4.79 Å². The van der Waals surface area contributed by atoms with Crippen LogP contribution in [0, 0.1) is 0 Å². The van der Waals surface area contributed by atoms with Crippen LogP contribution < -0.4 is 15.4 Å². The highest BCUT2D eigenvalue weighted by molar-refractivity contribution is 5.81. The van der Waals surface area contributed by atoms with Crippen LogP contribution in [-0.2, 0) is 4.79 Å². The highest BCUT2D eigenvalue weighted by Crippen LogP contribution is 2.24. The van der Waals surface area contributed by atoms with Gasteiger partial charge in [0, 0.05) is 44.7 Å². The zero-order valence-corrected chi connectivity index (χ0v) is 10.7. The number of methoxy groups -OCH3 is 1. The minimum Gasteiger partial charge on any atom is -0.497 e. The van der Waals surface area contributed by atoms with Gasteiger partial charge in [-0.05, 0) is 6.07 Å². The third-order valence-electron chi connectivity index (χ3n) is 2.46. The van der Waals surface area contributed by atoms with Crippen LogP contribution in [0.4, 0.5) is 11.4 Å². The van der Waals surface area contributed by atoms with E-state index in [2.05, 4.69) is 0 Å². The van der Waals surface area contributed by atoms with Crippen LogP contribution in [0.3, 0.4) is 0 Å². The third-order valence-corrected chi connectivity index (χ3v) is 2.46. The quantitative estimate of drug-likeness (QED) is 0.787. The minimum absolute atomic E-state index is 0.0360. The Bertz CT molecular complexity index is 405. The van der Waals surface area contributed by atoms with E-state index in [0.29, 0.717) is 18.0 Å². The number of ether oxygens (including phenoxy) is 1. The van der Waals surface area contributed by atoms with Crippen molar-refractivity contribution in [3.05, 3.63) is 18.2 Å². The van der Waals surface area contributed by atoms with E-state index in [-0.39, 0.29) is 5.91 Å². The second kappa shape index (κ2) is 5.43. The SMILES string of the molecule is COc1cc(N)cc(N(C)CC(=O)N(C)C)c1. The summed E-state index contributed by atoms with van der Waals surface area (Å²) < 4.78 is 5.14. The molecule has 0 spiro atoms. The first-order chi connectivity index (χ1) is 7.93. The maximum absolute atomic E-state index is 11.6. The Morgan fingerprint density at radius 2 is 1.94 bits per heavy atom. The van der Waals surface area contributed by atoms with Crippen molar-refractivity contribution in [2.45, 2.75) is 0 Å². The van der Waals surface area contributed by atoms with Gasteiger partial charge in [0.1, 0.15) is 5.75 Å². The lowest BCUT2D eigenvalue weighted by Crippen LogP contribution is -2.34. The molecule has 2 N–H and O–H groups in total. The molecule has 5 nitrogen and oxygen atoms in total. The van der Waals surface area contributed by atoms with Gasteiger partial charge in [0.2, 0.25) is 5.91 Å². The topological polar surface area (TPSA) is 58.8 Å². The van der Waals surface area contributed by atoms with Gasteiger partial charge in [0.15, 0.2) is 0 Å². The molecule has 0 fully saturated rings.